The maximum Gasteiger partial charge on any atom is 0.236 e. The first-order valence-corrected chi connectivity index (χ1v) is 9.96. The van der Waals surface area contributed by atoms with E-state index in [1.54, 1.807) is 0 Å². The molecule has 0 radical (unpaired) electrons. The van der Waals surface area contributed by atoms with Gasteiger partial charge < -0.3 is 4.90 Å². The van der Waals surface area contributed by atoms with Gasteiger partial charge in [0.15, 0.2) is 0 Å². The summed E-state index contributed by atoms with van der Waals surface area (Å²) in [5.74, 6) is 0.278. The Morgan fingerprint density at radius 1 is 0.889 bits per heavy atom. The van der Waals surface area contributed by atoms with E-state index < -0.39 is 0 Å². The molecule has 4 rings (SSSR count). The number of benzene rings is 1. The molecule has 1 amide bonds. The molecule has 0 N–H and O–H groups in total. The van der Waals surface area contributed by atoms with Gasteiger partial charge in [0.1, 0.15) is 0 Å². The summed E-state index contributed by atoms with van der Waals surface area (Å²) in [7, 11) is 0. The molecule has 1 fully saturated rings. The Morgan fingerprint density at radius 2 is 1.70 bits per heavy atom. The lowest BCUT2D eigenvalue weighted by molar-refractivity contribution is -0.132. The minimum absolute atomic E-state index is 0.278. The predicted molar refractivity (Wildman–Crippen MR) is 106 cm³/mol. The summed E-state index contributed by atoms with van der Waals surface area (Å²) >= 11 is 0. The number of hydrogen-bond donors (Lipinski definition) is 0. The molecule has 3 heterocycles. The fourth-order valence-corrected chi connectivity index (χ4v) is 4.11. The van der Waals surface area contributed by atoms with Crippen molar-refractivity contribution in [2.75, 3.05) is 39.3 Å². The first kappa shape index (κ1) is 18.1. The zero-order valence-electron chi connectivity index (χ0n) is 15.9. The van der Waals surface area contributed by atoms with Crippen LogP contribution in [0.2, 0.25) is 0 Å². The lowest BCUT2D eigenvalue weighted by atomic mass is 10.00. The molecule has 0 spiro atoms. The molecule has 2 aliphatic rings. The summed E-state index contributed by atoms with van der Waals surface area (Å²) in [6.07, 6.45) is 5.78. The number of nitrogens with zero attached hydrogens (tertiary/aromatic N) is 4. The van der Waals surface area contributed by atoms with E-state index >= 15 is 0 Å². The van der Waals surface area contributed by atoms with Gasteiger partial charge in [0, 0.05) is 58.2 Å². The lowest BCUT2D eigenvalue weighted by Gasteiger charge is -2.30. The first-order chi connectivity index (χ1) is 13.3. The van der Waals surface area contributed by atoms with E-state index in [1.807, 2.05) is 12.4 Å². The Labute approximate surface area is 161 Å². The highest BCUT2D eigenvalue weighted by molar-refractivity contribution is 5.78. The zero-order chi connectivity index (χ0) is 18.5. The van der Waals surface area contributed by atoms with Crippen molar-refractivity contribution in [1.29, 1.82) is 0 Å². The van der Waals surface area contributed by atoms with E-state index in [9.17, 15) is 4.79 Å². The SMILES string of the molecule is O=C(CN1CCc2ccccc2C1)N1CCCN(Cc2ccncc2)CC1. The number of aromatic nitrogens is 1. The van der Waals surface area contributed by atoms with E-state index in [1.165, 1.54) is 16.7 Å². The van der Waals surface area contributed by atoms with Gasteiger partial charge in [0.25, 0.3) is 0 Å². The van der Waals surface area contributed by atoms with Crippen LogP contribution in [-0.2, 0) is 24.3 Å². The van der Waals surface area contributed by atoms with Crippen molar-refractivity contribution in [2.24, 2.45) is 0 Å². The van der Waals surface area contributed by atoms with Crippen molar-refractivity contribution in [1.82, 2.24) is 19.7 Å². The van der Waals surface area contributed by atoms with Crippen LogP contribution in [0.3, 0.4) is 0 Å². The molecule has 142 valence electrons. The van der Waals surface area contributed by atoms with Gasteiger partial charge in [-0.15, -0.1) is 0 Å². The second-order valence-corrected chi connectivity index (χ2v) is 7.60. The van der Waals surface area contributed by atoms with Crippen LogP contribution in [-0.4, -0.2) is 64.9 Å². The number of rotatable bonds is 4. The van der Waals surface area contributed by atoms with Gasteiger partial charge in [-0.25, -0.2) is 0 Å². The largest absolute Gasteiger partial charge is 0.340 e. The van der Waals surface area contributed by atoms with E-state index in [0.29, 0.717) is 6.54 Å². The highest BCUT2D eigenvalue weighted by Crippen LogP contribution is 2.18. The Balaban J connectivity index is 1.28. The fourth-order valence-electron chi connectivity index (χ4n) is 4.11. The van der Waals surface area contributed by atoms with Crippen LogP contribution >= 0.6 is 0 Å². The minimum atomic E-state index is 0.278. The van der Waals surface area contributed by atoms with Crippen molar-refractivity contribution in [3.05, 3.63) is 65.5 Å². The summed E-state index contributed by atoms with van der Waals surface area (Å²) in [5, 5.41) is 0. The van der Waals surface area contributed by atoms with Gasteiger partial charge in [-0.05, 0) is 41.7 Å². The third kappa shape index (κ3) is 4.73. The van der Waals surface area contributed by atoms with Crippen LogP contribution in [0.4, 0.5) is 0 Å². The molecule has 1 aromatic heterocycles. The van der Waals surface area contributed by atoms with Gasteiger partial charge in [0.2, 0.25) is 5.91 Å². The van der Waals surface area contributed by atoms with Crippen LogP contribution in [0.1, 0.15) is 23.1 Å². The maximum atomic E-state index is 12.9. The summed E-state index contributed by atoms with van der Waals surface area (Å²) in [6, 6.07) is 12.7. The summed E-state index contributed by atoms with van der Waals surface area (Å²) in [5.41, 5.74) is 4.09. The summed E-state index contributed by atoms with van der Waals surface area (Å²) in [4.78, 5) is 23.7. The molecule has 5 heteroatoms. The number of amides is 1. The topological polar surface area (TPSA) is 39.7 Å². The summed E-state index contributed by atoms with van der Waals surface area (Å²) in [6.45, 7) is 7.03. The van der Waals surface area contributed by atoms with Gasteiger partial charge in [-0.3, -0.25) is 19.6 Å². The van der Waals surface area contributed by atoms with Crippen molar-refractivity contribution in [2.45, 2.75) is 25.9 Å². The first-order valence-electron chi connectivity index (χ1n) is 9.96. The van der Waals surface area contributed by atoms with Gasteiger partial charge >= 0.3 is 0 Å². The molecule has 0 bridgehead atoms. The molecule has 1 saturated heterocycles. The minimum Gasteiger partial charge on any atom is -0.340 e. The van der Waals surface area contributed by atoms with E-state index in [4.69, 9.17) is 0 Å². The smallest absolute Gasteiger partial charge is 0.236 e. The number of carbonyl (C=O) groups is 1. The molecule has 0 unspecified atom stereocenters. The highest BCUT2D eigenvalue weighted by atomic mass is 16.2. The molecule has 2 aromatic rings. The second kappa shape index (κ2) is 8.63. The molecular formula is C22H28N4O. The standard InChI is InChI=1S/C22H28N4O/c27-22(18-25-13-8-20-4-1-2-5-21(20)17-25)26-12-3-11-24(14-15-26)16-19-6-9-23-10-7-19/h1-2,4-7,9-10H,3,8,11-18H2. The third-order valence-corrected chi connectivity index (χ3v) is 5.67. The van der Waals surface area contributed by atoms with Crippen LogP contribution in [0.5, 0.6) is 0 Å². The molecule has 0 atom stereocenters. The van der Waals surface area contributed by atoms with E-state index in [-0.39, 0.29) is 5.91 Å². The van der Waals surface area contributed by atoms with E-state index in [0.717, 1.165) is 58.7 Å². The molecule has 27 heavy (non-hydrogen) atoms. The predicted octanol–water partition coefficient (Wildman–Crippen LogP) is 2.17. The van der Waals surface area contributed by atoms with Crippen molar-refractivity contribution >= 4 is 5.91 Å². The van der Waals surface area contributed by atoms with Gasteiger partial charge in [-0.2, -0.15) is 0 Å². The number of fused-ring (bicyclic) bond motifs is 1. The molecule has 1 aromatic carbocycles. The van der Waals surface area contributed by atoms with Crippen molar-refractivity contribution in [3.8, 4) is 0 Å². The highest BCUT2D eigenvalue weighted by Gasteiger charge is 2.23. The maximum absolute atomic E-state index is 12.9. The Bertz CT molecular complexity index is 764. The lowest BCUT2D eigenvalue weighted by Crippen LogP contribution is -2.43. The van der Waals surface area contributed by atoms with Crippen LogP contribution < -0.4 is 0 Å². The molecule has 0 saturated carbocycles. The average molecular weight is 364 g/mol. The monoisotopic (exact) mass is 364 g/mol. The van der Waals surface area contributed by atoms with Gasteiger partial charge in [-0.1, -0.05) is 24.3 Å². The molecule has 5 nitrogen and oxygen atoms in total. The van der Waals surface area contributed by atoms with Crippen molar-refractivity contribution in [3.63, 3.8) is 0 Å². The Hall–Kier alpha value is -2.24. The molecule has 0 aliphatic carbocycles. The Morgan fingerprint density at radius 3 is 2.56 bits per heavy atom. The van der Waals surface area contributed by atoms with Crippen LogP contribution in [0.25, 0.3) is 0 Å². The number of carbonyl (C=O) groups excluding carboxylic acids is 1. The van der Waals surface area contributed by atoms with E-state index in [2.05, 4.69) is 56.1 Å². The number of hydrogen-bond acceptors (Lipinski definition) is 4. The van der Waals surface area contributed by atoms with Gasteiger partial charge in [0.05, 0.1) is 6.54 Å². The Kier molecular flexibility index (Phi) is 5.80. The summed E-state index contributed by atoms with van der Waals surface area (Å²) < 4.78 is 0. The third-order valence-electron chi connectivity index (χ3n) is 5.67. The quantitative estimate of drug-likeness (QED) is 0.834. The van der Waals surface area contributed by atoms with Crippen LogP contribution in [0, 0.1) is 0 Å². The molecule has 2 aliphatic heterocycles. The zero-order valence-corrected chi connectivity index (χ0v) is 15.9. The molecular weight excluding hydrogens is 336 g/mol. The van der Waals surface area contributed by atoms with Crippen LogP contribution in [0.15, 0.2) is 48.8 Å². The normalized spacial score (nSPS) is 18.7. The number of pyridine rings is 1. The second-order valence-electron chi connectivity index (χ2n) is 7.60. The fraction of sp³-hybridized carbons (Fsp3) is 0.455. The average Bonchev–Trinajstić information content (AvgIpc) is 2.94. The van der Waals surface area contributed by atoms with Crippen molar-refractivity contribution < 1.29 is 4.79 Å².